The van der Waals surface area contributed by atoms with Crippen LogP contribution in [-0.4, -0.2) is 10.6 Å². The lowest BCUT2D eigenvalue weighted by Crippen LogP contribution is -2.40. The highest BCUT2D eigenvalue weighted by atomic mass is 32.1. The SMILES string of the molecule is Cc1csc(C(C)NC2CC(C)(C)Oc3ccccc32)n1. The van der Waals surface area contributed by atoms with E-state index < -0.39 is 0 Å². The van der Waals surface area contributed by atoms with Crippen LogP contribution >= 0.6 is 11.3 Å². The van der Waals surface area contributed by atoms with Crippen LogP contribution in [0.3, 0.4) is 0 Å². The van der Waals surface area contributed by atoms with Crippen LogP contribution in [0, 0.1) is 6.92 Å². The van der Waals surface area contributed by atoms with Crippen molar-refractivity contribution in [3.05, 3.63) is 45.9 Å². The first kappa shape index (κ1) is 14.5. The average molecular weight is 302 g/mol. The molecule has 0 amide bonds. The fourth-order valence-electron chi connectivity index (χ4n) is 2.90. The van der Waals surface area contributed by atoms with Crippen molar-refractivity contribution in [2.24, 2.45) is 0 Å². The molecule has 1 aliphatic rings. The van der Waals surface area contributed by atoms with Gasteiger partial charge in [-0.15, -0.1) is 11.3 Å². The second-order valence-electron chi connectivity index (χ2n) is 6.37. The molecule has 21 heavy (non-hydrogen) atoms. The Morgan fingerprint density at radius 1 is 1.38 bits per heavy atom. The van der Waals surface area contributed by atoms with Gasteiger partial charge in [-0.05, 0) is 33.8 Å². The summed E-state index contributed by atoms with van der Waals surface area (Å²) in [6, 6.07) is 8.86. The second kappa shape index (κ2) is 5.43. The summed E-state index contributed by atoms with van der Waals surface area (Å²) in [7, 11) is 0. The Morgan fingerprint density at radius 2 is 2.14 bits per heavy atom. The van der Waals surface area contributed by atoms with Crippen molar-refractivity contribution in [3.8, 4) is 5.75 Å². The molecule has 0 saturated heterocycles. The van der Waals surface area contributed by atoms with Crippen molar-refractivity contribution in [1.29, 1.82) is 0 Å². The Bertz CT molecular complexity index is 635. The first-order valence-corrected chi connectivity index (χ1v) is 8.28. The fourth-order valence-corrected chi connectivity index (χ4v) is 3.71. The lowest BCUT2D eigenvalue weighted by Gasteiger charge is -2.38. The molecule has 1 aliphatic heterocycles. The van der Waals surface area contributed by atoms with Crippen LogP contribution < -0.4 is 10.1 Å². The molecule has 2 atom stereocenters. The van der Waals surface area contributed by atoms with Crippen molar-refractivity contribution in [2.75, 3.05) is 0 Å². The molecule has 2 unspecified atom stereocenters. The minimum absolute atomic E-state index is 0.148. The third kappa shape index (κ3) is 3.11. The van der Waals surface area contributed by atoms with Gasteiger partial charge < -0.3 is 10.1 Å². The lowest BCUT2D eigenvalue weighted by atomic mass is 9.89. The van der Waals surface area contributed by atoms with Crippen LogP contribution in [0.2, 0.25) is 0 Å². The van der Waals surface area contributed by atoms with Gasteiger partial charge in [0.15, 0.2) is 0 Å². The molecule has 0 saturated carbocycles. The number of aromatic nitrogens is 1. The number of para-hydroxylation sites is 1. The largest absolute Gasteiger partial charge is 0.487 e. The van der Waals surface area contributed by atoms with E-state index in [9.17, 15) is 0 Å². The quantitative estimate of drug-likeness (QED) is 0.912. The van der Waals surface area contributed by atoms with Crippen molar-refractivity contribution < 1.29 is 4.74 Å². The number of hydrogen-bond acceptors (Lipinski definition) is 4. The molecule has 0 radical (unpaired) electrons. The summed E-state index contributed by atoms with van der Waals surface area (Å²) < 4.78 is 6.09. The number of fused-ring (bicyclic) bond motifs is 1. The lowest BCUT2D eigenvalue weighted by molar-refractivity contribution is 0.0640. The molecule has 0 bridgehead atoms. The number of nitrogens with zero attached hydrogens (tertiary/aromatic N) is 1. The Balaban J connectivity index is 1.84. The summed E-state index contributed by atoms with van der Waals surface area (Å²) >= 11 is 1.72. The van der Waals surface area contributed by atoms with Crippen LogP contribution in [0.4, 0.5) is 0 Å². The molecule has 0 spiro atoms. The predicted molar refractivity (Wildman–Crippen MR) is 86.9 cm³/mol. The summed E-state index contributed by atoms with van der Waals surface area (Å²) in [6.07, 6.45) is 0.957. The molecule has 3 nitrogen and oxygen atoms in total. The van der Waals surface area contributed by atoms with E-state index >= 15 is 0 Å². The van der Waals surface area contributed by atoms with Gasteiger partial charge in [0.25, 0.3) is 0 Å². The van der Waals surface area contributed by atoms with Crippen molar-refractivity contribution in [2.45, 2.75) is 51.8 Å². The van der Waals surface area contributed by atoms with Crippen LogP contribution in [0.25, 0.3) is 0 Å². The normalized spacial score (nSPS) is 21.4. The van der Waals surface area contributed by atoms with Gasteiger partial charge in [0.1, 0.15) is 16.4 Å². The average Bonchev–Trinajstić information content (AvgIpc) is 2.84. The summed E-state index contributed by atoms with van der Waals surface area (Å²) in [4.78, 5) is 4.59. The van der Waals surface area contributed by atoms with Crippen LogP contribution in [0.15, 0.2) is 29.6 Å². The maximum Gasteiger partial charge on any atom is 0.124 e. The number of hydrogen-bond donors (Lipinski definition) is 1. The van der Waals surface area contributed by atoms with Crippen LogP contribution in [-0.2, 0) is 0 Å². The molecule has 112 valence electrons. The first-order valence-electron chi connectivity index (χ1n) is 7.41. The van der Waals surface area contributed by atoms with Gasteiger partial charge in [0, 0.05) is 29.1 Å². The smallest absolute Gasteiger partial charge is 0.124 e. The molecule has 1 aromatic heterocycles. The number of nitrogens with one attached hydrogen (secondary N) is 1. The second-order valence-corrected chi connectivity index (χ2v) is 7.26. The third-order valence-corrected chi connectivity index (χ3v) is 4.98. The topological polar surface area (TPSA) is 34.1 Å². The minimum Gasteiger partial charge on any atom is -0.487 e. The monoisotopic (exact) mass is 302 g/mol. The zero-order valence-corrected chi connectivity index (χ0v) is 13.8. The molecule has 2 heterocycles. The Morgan fingerprint density at radius 3 is 2.86 bits per heavy atom. The highest BCUT2D eigenvalue weighted by molar-refractivity contribution is 7.09. The van der Waals surface area contributed by atoms with Crippen molar-refractivity contribution in [1.82, 2.24) is 10.3 Å². The van der Waals surface area contributed by atoms with Gasteiger partial charge in [-0.1, -0.05) is 18.2 Å². The molecule has 4 heteroatoms. The van der Waals surface area contributed by atoms with E-state index in [4.69, 9.17) is 4.74 Å². The van der Waals surface area contributed by atoms with Gasteiger partial charge in [0.05, 0.1) is 6.04 Å². The van der Waals surface area contributed by atoms with Gasteiger partial charge in [0.2, 0.25) is 0 Å². The summed E-state index contributed by atoms with van der Waals surface area (Å²) in [5.74, 6) is 0.994. The third-order valence-electron chi connectivity index (χ3n) is 3.83. The number of benzene rings is 1. The van der Waals surface area contributed by atoms with Crippen molar-refractivity contribution in [3.63, 3.8) is 0 Å². The fraction of sp³-hybridized carbons (Fsp3) is 0.471. The van der Waals surface area contributed by atoms with Gasteiger partial charge in [-0.2, -0.15) is 0 Å². The molecule has 3 rings (SSSR count). The maximum atomic E-state index is 6.09. The summed E-state index contributed by atoms with van der Waals surface area (Å²) in [5, 5.41) is 6.98. The van der Waals surface area contributed by atoms with Gasteiger partial charge in [-0.3, -0.25) is 0 Å². The van der Waals surface area contributed by atoms with Crippen LogP contribution in [0.1, 0.15) is 55.5 Å². The highest BCUT2D eigenvalue weighted by Gasteiger charge is 2.34. The predicted octanol–water partition coefficient (Wildman–Crippen LogP) is 4.40. The Labute approximate surface area is 130 Å². The number of ether oxygens (including phenoxy) is 1. The molecule has 1 N–H and O–H groups in total. The van der Waals surface area contributed by atoms with E-state index in [1.807, 2.05) is 13.0 Å². The first-order chi connectivity index (χ1) is 9.94. The minimum atomic E-state index is -0.148. The van der Waals surface area contributed by atoms with E-state index in [0.717, 1.165) is 22.9 Å². The van der Waals surface area contributed by atoms with Crippen molar-refractivity contribution >= 4 is 11.3 Å². The van der Waals surface area contributed by atoms with Gasteiger partial charge >= 0.3 is 0 Å². The summed E-state index contributed by atoms with van der Waals surface area (Å²) in [5.41, 5.74) is 2.19. The maximum absolute atomic E-state index is 6.09. The van der Waals surface area contributed by atoms with Crippen LogP contribution in [0.5, 0.6) is 5.75 Å². The van der Waals surface area contributed by atoms with Gasteiger partial charge in [-0.25, -0.2) is 4.98 Å². The zero-order valence-electron chi connectivity index (χ0n) is 13.0. The standard InChI is InChI=1S/C17H22N2OS/c1-11-10-21-16(18-11)12(2)19-14-9-17(3,4)20-15-8-6-5-7-13(14)15/h5-8,10,12,14,19H,9H2,1-4H3. The molecule has 0 fully saturated rings. The summed E-state index contributed by atoms with van der Waals surface area (Å²) in [6.45, 7) is 8.52. The number of rotatable bonds is 3. The van der Waals surface area contributed by atoms with E-state index in [2.05, 4.69) is 54.7 Å². The highest BCUT2D eigenvalue weighted by Crippen LogP contribution is 2.40. The molecule has 1 aromatic carbocycles. The van der Waals surface area contributed by atoms with E-state index in [1.165, 1.54) is 5.56 Å². The Kier molecular flexibility index (Phi) is 3.76. The Hall–Kier alpha value is -1.39. The number of aryl methyl sites for hydroxylation is 1. The van der Waals surface area contributed by atoms with E-state index in [0.29, 0.717) is 6.04 Å². The number of thiazole rings is 1. The molecule has 2 aromatic rings. The van der Waals surface area contributed by atoms with E-state index in [-0.39, 0.29) is 11.6 Å². The molecular formula is C17H22N2OS. The molecular weight excluding hydrogens is 280 g/mol. The van der Waals surface area contributed by atoms with E-state index in [1.54, 1.807) is 11.3 Å². The zero-order chi connectivity index (χ0) is 15.0. The molecule has 0 aliphatic carbocycles.